The molecule has 0 aliphatic carbocycles. The molecular weight excluding hydrogens is 256 g/mol. The van der Waals surface area contributed by atoms with Crippen LogP contribution >= 0.6 is 0 Å². The summed E-state index contributed by atoms with van der Waals surface area (Å²) < 4.78 is 5.57. The van der Waals surface area contributed by atoms with E-state index in [1.807, 2.05) is 31.2 Å². The van der Waals surface area contributed by atoms with Crippen molar-refractivity contribution >= 4 is 6.03 Å². The fraction of sp³-hybridized carbons (Fsp3) is 0.533. The van der Waals surface area contributed by atoms with Crippen LogP contribution in [0.25, 0.3) is 0 Å². The summed E-state index contributed by atoms with van der Waals surface area (Å²) in [6.45, 7) is 4.89. The van der Waals surface area contributed by atoms with E-state index in [2.05, 4.69) is 5.32 Å². The monoisotopic (exact) mass is 280 g/mol. The molecule has 112 valence electrons. The molecule has 0 aliphatic heterocycles. The third-order valence-corrected chi connectivity index (χ3v) is 3.13. The molecule has 0 aliphatic rings. The molecular formula is C15H24N2O3. The Morgan fingerprint density at radius 2 is 2.05 bits per heavy atom. The molecule has 1 aromatic rings. The van der Waals surface area contributed by atoms with Gasteiger partial charge in [0.2, 0.25) is 0 Å². The minimum atomic E-state index is -0.182. The summed E-state index contributed by atoms with van der Waals surface area (Å²) >= 11 is 0. The Kier molecular flexibility index (Phi) is 6.87. The summed E-state index contributed by atoms with van der Waals surface area (Å²) in [4.78, 5) is 13.2. The van der Waals surface area contributed by atoms with Gasteiger partial charge in [0, 0.05) is 13.6 Å². The number of aliphatic hydroxyl groups is 1. The second-order valence-corrected chi connectivity index (χ2v) is 4.89. The van der Waals surface area contributed by atoms with E-state index < -0.39 is 0 Å². The van der Waals surface area contributed by atoms with Crippen LogP contribution in [0.1, 0.15) is 18.9 Å². The molecule has 20 heavy (non-hydrogen) atoms. The number of hydrogen-bond donors (Lipinski definition) is 2. The molecule has 1 aromatic carbocycles. The molecule has 1 rings (SSSR count). The first kappa shape index (κ1) is 16.3. The molecule has 2 N–H and O–H groups in total. The lowest BCUT2D eigenvalue weighted by Crippen LogP contribution is -2.44. The van der Waals surface area contributed by atoms with Crippen LogP contribution in [0.5, 0.6) is 5.75 Å². The molecule has 0 aromatic heterocycles. The lowest BCUT2D eigenvalue weighted by Gasteiger charge is -2.23. The van der Waals surface area contributed by atoms with Crippen LogP contribution in [0.4, 0.5) is 4.79 Å². The third-order valence-electron chi connectivity index (χ3n) is 3.13. The van der Waals surface area contributed by atoms with Crippen molar-refractivity contribution in [2.24, 2.45) is 0 Å². The first-order valence-electron chi connectivity index (χ1n) is 6.85. The molecule has 1 atom stereocenters. The van der Waals surface area contributed by atoms with Gasteiger partial charge >= 0.3 is 6.03 Å². The minimum absolute atomic E-state index is 0.0412. The lowest BCUT2D eigenvalue weighted by atomic mass is 10.2. The zero-order valence-electron chi connectivity index (χ0n) is 12.4. The fourth-order valence-corrected chi connectivity index (χ4v) is 1.54. The molecule has 0 saturated heterocycles. The third kappa shape index (κ3) is 5.48. The topological polar surface area (TPSA) is 61.8 Å². The van der Waals surface area contributed by atoms with Gasteiger partial charge in [-0.1, -0.05) is 17.7 Å². The number of urea groups is 1. The van der Waals surface area contributed by atoms with Crippen molar-refractivity contribution in [3.8, 4) is 5.75 Å². The van der Waals surface area contributed by atoms with E-state index >= 15 is 0 Å². The van der Waals surface area contributed by atoms with E-state index in [0.29, 0.717) is 13.2 Å². The maximum absolute atomic E-state index is 11.7. The zero-order valence-corrected chi connectivity index (χ0v) is 12.4. The number of rotatable bonds is 7. The smallest absolute Gasteiger partial charge is 0.317 e. The van der Waals surface area contributed by atoms with E-state index in [-0.39, 0.29) is 18.7 Å². The highest BCUT2D eigenvalue weighted by atomic mass is 16.5. The average Bonchev–Trinajstić information content (AvgIpc) is 2.47. The molecule has 0 fully saturated rings. The van der Waals surface area contributed by atoms with Crippen LogP contribution < -0.4 is 10.1 Å². The van der Waals surface area contributed by atoms with Crippen molar-refractivity contribution in [3.05, 3.63) is 29.8 Å². The first-order valence-corrected chi connectivity index (χ1v) is 6.85. The maximum Gasteiger partial charge on any atom is 0.317 e. The Hall–Kier alpha value is -1.75. The van der Waals surface area contributed by atoms with Gasteiger partial charge in [0.15, 0.2) is 0 Å². The predicted octanol–water partition coefficient (Wildman–Crippen LogP) is 1.79. The van der Waals surface area contributed by atoms with E-state index in [1.54, 1.807) is 14.0 Å². The summed E-state index contributed by atoms with van der Waals surface area (Å²) in [7, 11) is 1.67. The Morgan fingerprint density at radius 3 is 2.65 bits per heavy atom. The Balaban J connectivity index is 2.16. The molecule has 5 nitrogen and oxygen atoms in total. The van der Waals surface area contributed by atoms with Gasteiger partial charge in [0.05, 0.1) is 19.3 Å². The number of benzene rings is 1. The summed E-state index contributed by atoms with van der Waals surface area (Å²) in [5.41, 5.74) is 1.20. The Morgan fingerprint density at radius 1 is 1.40 bits per heavy atom. The Bertz CT molecular complexity index is 406. The highest BCUT2D eigenvalue weighted by Crippen LogP contribution is 2.11. The summed E-state index contributed by atoms with van der Waals surface area (Å²) in [5, 5.41) is 11.8. The van der Waals surface area contributed by atoms with Crippen LogP contribution in [0.15, 0.2) is 24.3 Å². The van der Waals surface area contributed by atoms with Gasteiger partial charge in [-0.05, 0) is 32.4 Å². The minimum Gasteiger partial charge on any atom is -0.494 e. The number of amides is 2. The molecule has 5 heteroatoms. The number of hydrogen-bond acceptors (Lipinski definition) is 3. The van der Waals surface area contributed by atoms with Gasteiger partial charge in [-0.25, -0.2) is 4.79 Å². The van der Waals surface area contributed by atoms with Crippen LogP contribution in [0.2, 0.25) is 0 Å². The molecule has 0 radical (unpaired) electrons. The lowest BCUT2D eigenvalue weighted by molar-refractivity contribution is 0.157. The van der Waals surface area contributed by atoms with Gasteiger partial charge < -0.3 is 20.1 Å². The van der Waals surface area contributed by atoms with Crippen molar-refractivity contribution in [2.75, 3.05) is 26.8 Å². The van der Waals surface area contributed by atoms with Gasteiger partial charge in [-0.15, -0.1) is 0 Å². The molecule has 2 amide bonds. The standard InChI is InChI=1S/C15H24N2O3/c1-12-5-7-14(8-6-12)20-10-4-9-16-15(19)17(3)13(2)11-18/h5-8,13,18H,4,9-11H2,1-3H3,(H,16,19). The fourth-order valence-electron chi connectivity index (χ4n) is 1.54. The van der Waals surface area contributed by atoms with Crippen molar-refractivity contribution in [1.29, 1.82) is 0 Å². The second-order valence-electron chi connectivity index (χ2n) is 4.89. The van der Waals surface area contributed by atoms with Crippen molar-refractivity contribution < 1.29 is 14.6 Å². The van der Waals surface area contributed by atoms with Crippen molar-refractivity contribution in [2.45, 2.75) is 26.3 Å². The van der Waals surface area contributed by atoms with E-state index in [1.165, 1.54) is 10.5 Å². The molecule has 0 saturated carbocycles. The maximum atomic E-state index is 11.7. The number of nitrogens with zero attached hydrogens (tertiary/aromatic N) is 1. The number of carbonyl (C=O) groups excluding carboxylic acids is 1. The van der Waals surface area contributed by atoms with Crippen LogP contribution in [-0.2, 0) is 0 Å². The normalized spacial score (nSPS) is 11.8. The molecule has 0 spiro atoms. The number of aryl methyl sites for hydroxylation is 1. The van der Waals surface area contributed by atoms with Gasteiger partial charge in [0.25, 0.3) is 0 Å². The SMILES string of the molecule is Cc1ccc(OCCCNC(=O)N(C)C(C)CO)cc1. The summed E-state index contributed by atoms with van der Waals surface area (Å²) in [6, 6.07) is 7.51. The number of ether oxygens (including phenoxy) is 1. The van der Waals surface area contributed by atoms with Crippen LogP contribution in [-0.4, -0.2) is 48.9 Å². The van der Waals surface area contributed by atoms with Gasteiger partial charge in [-0.3, -0.25) is 0 Å². The van der Waals surface area contributed by atoms with Gasteiger partial charge in [0.1, 0.15) is 5.75 Å². The molecule has 0 bridgehead atoms. The van der Waals surface area contributed by atoms with E-state index in [9.17, 15) is 4.79 Å². The summed E-state index contributed by atoms with van der Waals surface area (Å²) in [6.07, 6.45) is 0.737. The number of likely N-dealkylation sites (N-methyl/N-ethyl adjacent to an activating group) is 1. The van der Waals surface area contributed by atoms with Gasteiger partial charge in [-0.2, -0.15) is 0 Å². The highest BCUT2D eigenvalue weighted by Gasteiger charge is 2.13. The predicted molar refractivity (Wildman–Crippen MR) is 79.0 cm³/mol. The van der Waals surface area contributed by atoms with Crippen molar-refractivity contribution in [1.82, 2.24) is 10.2 Å². The largest absolute Gasteiger partial charge is 0.494 e. The summed E-state index contributed by atoms with van der Waals surface area (Å²) in [5.74, 6) is 0.841. The molecule has 0 heterocycles. The van der Waals surface area contributed by atoms with Crippen molar-refractivity contribution in [3.63, 3.8) is 0 Å². The Labute approximate surface area is 120 Å². The second kappa shape index (κ2) is 8.43. The van der Waals surface area contributed by atoms with Crippen LogP contribution in [0.3, 0.4) is 0 Å². The molecule has 1 unspecified atom stereocenters. The number of nitrogens with one attached hydrogen (secondary N) is 1. The van der Waals surface area contributed by atoms with Crippen LogP contribution in [0, 0.1) is 6.92 Å². The first-order chi connectivity index (χ1) is 9.54. The van der Waals surface area contributed by atoms with E-state index in [0.717, 1.165) is 12.2 Å². The number of aliphatic hydroxyl groups excluding tert-OH is 1. The average molecular weight is 280 g/mol. The van der Waals surface area contributed by atoms with E-state index in [4.69, 9.17) is 9.84 Å². The highest BCUT2D eigenvalue weighted by molar-refractivity contribution is 5.74. The zero-order chi connectivity index (χ0) is 15.0. The quantitative estimate of drug-likeness (QED) is 0.749. The number of carbonyl (C=O) groups is 1.